The number of amides is 1. The van der Waals surface area contributed by atoms with E-state index in [9.17, 15) is 4.79 Å². The van der Waals surface area contributed by atoms with Gasteiger partial charge in [-0.25, -0.2) is 0 Å². The van der Waals surface area contributed by atoms with Crippen LogP contribution in [0, 0.1) is 0 Å². The maximum atomic E-state index is 12.8. The SMILES string of the molecule is COc1ccc(-c2cc(C(=O)N3[C@H](C)COC[C@H]3C)[nH]n2)cc1OC. The molecule has 0 saturated carbocycles. The number of carbonyl (C=O) groups excluding carboxylic acids is 1. The molecule has 7 heteroatoms. The van der Waals surface area contributed by atoms with Crippen molar-refractivity contribution in [1.29, 1.82) is 0 Å². The van der Waals surface area contributed by atoms with Gasteiger partial charge in [-0.05, 0) is 38.1 Å². The number of hydrogen-bond donors (Lipinski definition) is 1. The molecule has 2 atom stereocenters. The number of ether oxygens (including phenoxy) is 3. The van der Waals surface area contributed by atoms with E-state index in [1.165, 1.54) is 0 Å². The summed E-state index contributed by atoms with van der Waals surface area (Å²) in [5.41, 5.74) is 1.99. The third kappa shape index (κ3) is 3.32. The van der Waals surface area contributed by atoms with Gasteiger partial charge in [0.15, 0.2) is 11.5 Å². The molecule has 1 aliphatic heterocycles. The summed E-state index contributed by atoms with van der Waals surface area (Å²) >= 11 is 0. The van der Waals surface area contributed by atoms with E-state index < -0.39 is 0 Å². The molecule has 1 aromatic heterocycles. The molecule has 134 valence electrons. The Balaban J connectivity index is 1.86. The molecule has 1 aromatic carbocycles. The molecule has 1 N–H and O–H groups in total. The smallest absolute Gasteiger partial charge is 0.272 e. The fraction of sp³-hybridized carbons (Fsp3) is 0.444. The van der Waals surface area contributed by atoms with Crippen molar-refractivity contribution in [2.75, 3.05) is 27.4 Å². The quantitative estimate of drug-likeness (QED) is 0.920. The van der Waals surface area contributed by atoms with Crippen LogP contribution in [-0.4, -0.2) is 60.5 Å². The van der Waals surface area contributed by atoms with Crippen molar-refractivity contribution < 1.29 is 19.0 Å². The summed E-state index contributed by atoms with van der Waals surface area (Å²) in [5.74, 6) is 1.20. The molecule has 1 aliphatic rings. The molecule has 25 heavy (non-hydrogen) atoms. The van der Waals surface area contributed by atoms with Gasteiger partial charge >= 0.3 is 0 Å². The third-order valence-electron chi connectivity index (χ3n) is 4.39. The Morgan fingerprint density at radius 2 is 1.84 bits per heavy atom. The Hall–Kier alpha value is -2.54. The highest BCUT2D eigenvalue weighted by atomic mass is 16.5. The van der Waals surface area contributed by atoms with Crippen LogP contribution >= 0.6 is 0 Å². The average molecular weight is 345 g/mol. The Labute approximate surface area is 146 Å². The molecule has 0 unspecified atom stereocenters. The summed E-state index contributed by atoms with van der Waals surface area (Å²) in [6.45, 7) is 5.07. The first-order valence-electron chi connectivity index (χ1n) is 8.23. The maximum Gasteiger partial charge on any atom is 0.272 e. The molecule has 7 nitrogen and oxygen atoms in total. The van der Waals surface area contributed by atoms with Crippen molar-refractivity contribution in [3.8, 4) is 22.8 Å². The Morgan fingerprint density at radius 1 is 1.16 bits per heavy atom. The lowest BCUT2D eigenvalue weighted by Crippen LogP contribution is -2.52. The molecule has 1 fully saturated rings. The first-order chi connectivity index (χ1) is 12.0. The Bertz CT molecular complexity index is 749. The number of rotatable bonds is 4. The van der Waals surface area contributed by atoms with E-state index in [0.29, 0.717) is 36.1 Å². The number of aromatic amines is 1. The number of morpholine rings is 1. The van der Waals surface area contributed by atoms with E-state index in [1.807, 2.05) is 36.9 Å². The molecule has 0 radical (unpaired) electrons. The lowest BCUT2D eigenvalue weighted by molar-refractivity contribution is -0.0252. The maximum absolute atomic E-state index is 12.8. The van der Waals surface area contributed by atoms with E-state index in [1.54, 1.807) is 20.3 Å². The van der Waals surface area contributed by atoms with Gasteiger partial charge in [-0.15, -0.1) is 0 Å². The van der Waals surface area contributed by atoms with Crippen LogP contribution in [-0.2, 0) is 4.74 Å². The van der Waals surface area contributed by atoms with Crippen molar-refractivity contribution in [3.05, 3.63) is 30.0 Å². The van der Waals surface area contributed by atoms with Crippen LogP contribution < -0.4 is 9.47 Å². The van der Waals surface area contributed by atoms with Crippen LogP contribution in [0.2, 0.25) is 0 Å². The lowest BCUT2D eigenvalue weighted by Gasteiger charge is -2.38. The highest BCUT2D eigenvalue weighted by Crippen LogP contribution is 2.32. The normalized spacial score (nSPS) is 20.4. The molecule has 1 saturated heterocycles. The monoisotopic (exact) mass is 345 g/mol. The number of methoxy groups -OCH3 is 2. The van der Waals surface area contributed by atoms with Crippen molar-refractivity contribution in [2.24, 2.45) is 0 Å². The van der Waals surface area contributed by atoms with Gasteiger partial charge in [0.2, 0.25) is 0 Å². The van der Waals surface area contributed by atoms with Crippen LogP contribution in [0.25, 0.3) is 11.3 Å². The molecule has 0 bridgehead atoms. The van der Waals surface area contributed by atoms with Crippen LogP contribution in [0.15, 0.2) is 24.3 Å². The number of nitrogens with one attached hydrogen (secondary N) is 1. The highest BCUT2D eigenvalue weighted by molar-refractivity contribution is 5.94. The zero-order chi connectivity index (χ0) is 18.0. The third-order valence-corrected chi connectivity index (χ3v) is 4.39. The second-order valence-corrected chi connectivity index (χ2v) is 6.18. The van der Waals surface area contributed by atoms with Crippen molar-refractivity contribution in [3.63, 3.8) is 0 Å². The Kier molecular flexibility index (Phi) is 4.94. The van der Waals surface area contributed by atoms with E-state index >= 15 is 0 Å². The minimum Gasteiger partial charge on any atom is -0.493 e. The largest absolute Gasteiger partial charge is 0.493 e. The minimum absolute atomic E-state index is 0.0316. The first-order valence-corrected chi connectivity index (χ1v) is 8.23. The number of nitrogens with zero attached hydrogens (tertiary/aromatic N) is 2. The van der Waals surface area contributed by atoms with E-state index in [-0.39, 0.29) is 18.0 Å². The molecular formula is C18H23N3O4. The number of benzene rings is 1. The van der Waals surface area contributed by atoms with Gasteiger partial charge in [-0.2, -0.15) is 5.10 Å². The molecular weight excluding hydrogens is 322 g/mol. The zero-order valence-electron chi connectivity index (χ0n) is 14.9. The number of hydrogen-bond acceptors (Lipinski definition) is 5. The molecule has 2 aromatic rings. The van der Waals surface area contributed by atoms with Gasteiger partial charge in [0.1, 0.15) is 5.69 Å². The zero-order valence-corrected chi connectivity index (χ0v) is 14.9. The fourth-order valence-electron chi connectivity index (χ4n) is 3.12. The van der Waals surface area contributed by atoms with Crippen molar-refractivity contribution in [2.45, 2.75) is 25.9 Å². The van der Waals surface area contributed by atoms with Gasteiger partial charge < -0.3 is 19.1 Å². The van der Waals surface area contributed by atoms with E-state index in [2.05, 4.69) is 10.2 Å². The highest BCUT2D eigenvalue weighted by Gasteiger charge is 2.31. The van der Waals surface area contributed by atoms with E-state index in [0.717, 1.165) is 5.56 Å². The predicted molar refractivity (Wildman–Crippen MR) is 93.0 cm³/mol. The number of aromatic nitrogens is 2. The van der Waals surface area contributed by atoms with Gasteiger partial charge in [-0.3, -0.25) is 9.89 Å². The fourth-order valence-corrected chi connectivity index (χ4v) is 3.12. The van der Waals surface area contributed by atoms with Gasteiger partial charge in [-0.1, -0.05) is 0 Å². The second kappa shape index (κ2) is 7.14. The topological polar surface area (TPSA) is 76.7 Å². The van der Waals surface area contributed by atoms with Crippen LogP contribution in [0.4, 0.5) is 0 Å². The summed E-state index contributed by atoms with van der Waals surface area (Å²) in [7, 11) is 3.18. The lowest BCUT2D eigenvalue weighted by atomic mass is 10.1. The molecule has 0 aliphatic carbocycles. The summed E-state index contributed by atoms with van der Waals surface area (Å²) in [6.07, 6.45) is 0. The predicted octanol–water partition coefficient (Wildman–Crippen LogP) is 2.34. The minimum atomic E-state index is -0.0671. The summed E-state index contributed by atoms with van der Waals surface area (Å²) < 4.78 is 16.1. The van der Waals surface area contributed by atoms with Gasteiger partial charge in [0, 0.05) is 5.56 Å². The Morgan fingerprint density at radius 3 is 2.48 bits per heavy atom. The van der Waals surface area contributed by atoms with E-state index in [4.69, 9.17) is 14.2 Å². The van der Waals surface area contributed by atoms with Crippen molar-refractivity contribution in [1.82, 2.24) is 15.1 Å². The number of H-pyrrole nitrogens is 1. The van der Waals surface area contributed by atoms with Gasteiger partial charge in [0.25, 0.3) is 5.91 Å². The molecule has 1 amide bonds. The summed E-state index contributed by atoms with van der Waals surface area (Å²) in [5, 5.41) is 7.14. The second-order valence-electron chi connectivity index (χ2n) is 6.18. The standard InChI is InChI=1S/C18H23N3O4/c1-11-9-25-10-12(2)21(11)18(22)15-8-14(19-20-15)13-5-6-16(23-3)17(7-13)24-4/h5-8,11-12H,9-10H2,1-4H3,(H,19,20)/t11-,12-/m1/s1. The average Bonchev–Trinajstić information content (AvgIpc) is 3.11. The van der Waals surface area contributed by atoms with Crippen LogP contribution in [0.3, 0.4) is 0 Å². The molecule has 0 spiro atoms. The van der Waals surface area contributed by atoms with Crippen molar-refractivity contribution >= 4 is 5.91 Å². The summed E-state index contributed by atoms with van der Waals surface area (Å²) in [6, 6.07) is 7.36. The van der Waals surface area contributed by atoms with Gasteiger partial charge in [0.05, 0.1) is 45.2 Å². The number of carbonyl (C=O) groups is 1. The van der Waals surface area contributed by atoms with Crippen LogP contribution in [0.1, 0.15) is 24.3 Å². The molecule has 2 heterocycles. The summed E-state index contributed by atoms with van der Waals surface area (Å²) in [4.78, 5) is 14.7. The first kappa shape index (κ1) is 17.3. The van der Waals surface area contributed by atoms with Crippen LogP contribution in [0.5, 0.6) is 11.5 Å². The molecule has 3 rings (SSSR count).